The van der Waals surface area contributed by atoms with Crippen LogP contribution in [0.2, 0.25) is 0 Å². The van der Waals surface area contributed by atoms with E-state index in [0.29, 0.717) is 26.0 Å². The zero-order valence-corrected chi connectivity index (χ0v) is 22.7. The summed E-state index contributed by atoms with van der Waals surface area (Å²) in [6, 6.07) is -0.555. The van der Waals surface area contributed by atoms with Gasteiger partial charge in [0, 0.05) is 24.0 Å². The number of likely N-dealkylation sites (N-methyl/N-ethyl adjacent to an activating group) is 1. The molecule has 0 aromatic carbocycles. The van der Waals surface area contributed by atoms with Crippen LogP contribution in [0.15, 0.2) is 36.0 Å². The number of allylic oxidation sites excluding steroid dienone is 3. The summed E-state index contributed by atoms with van der Waals surface area (Å²) >= 11 is 0. The molecule has 9 heteroatoms. The summed E-state index contributed by atoms with van der Waals surface area (Å²) < 4.78 is 30.3. The molecule has 2 bridgehead atoms. The van der Waals surface area contributed by atoms with Crippen molar-refractivity contribution in [2.24, 2.45) is 16.7 Å². The molecule has 0 aromatic rings. The molecule has 208 valence electrons. The second-order valence-corrected chi connectivity index (χ2v) is 11.6. The Kier molecular flexibility index (Phi) is 7.30. The van der Waals surface area contributed by atoms with Crippen molar-refractivity contribution in [1.29, 1.82) is 0 Å². The van der Waals surface area contributed by atoms with Gasteiger partial charge in [0.1, 0.15) is 24.4 Å². The molecule has 0 radical (unpaired) electrons. The quantitative estimate of drug-likeness (QED) is 0.250. The van der Waals surface area contributed by atoms with Crippen LogP contribution < -0.4 is 5.32 Å². The molecule has 0 unspecified atom stereocenters. The van der Waals surface area contributed by atoms with Crippen molar-refractivity contribution >= 4 is 17.9 Å². The molecule has 3 aliphatic heterocycles. The largest absolute Gasteiger partial charge is 0.464 e. The van der Waals surface area contributed by atoms with Crippen LogP contribution in [0.4, 0.5) is 0 Å². The maximum Gasteiger partial charge on any atom is 0.331 e. The molecule has 3 fully saturated rings. The average molecular weight is 530 g/mol. The zero-order valence-electron chi connectivity index (χ0n) is 22.7. The summed E-state index contributed by atoms with van der Waals surface area (Å²) in [5.41, 5.74) is -0.595. The maximum absolute atomic E-state index is 13.5. The van der Waals surface area contributed by atoms with Gasteiger partial charge in [-0.3, -0.25) is 4.79 Å². The van der Waals surface area contributed by atoms with E-state index in [9.17, 15) is 14.4 Å². The van der Waals surface area contributed by atoms with Gasteiger partial charge in [-0.05, 0) is 38.6 Å². The summed E-state index contributed by atoms with van der Waals surface area (Å²) in [6.45, 7) is 9.50. The first-order chi connectivity index (χ1) is 18.2. The summed E-state index contributed by atoms with van der Waals surface area (Å²) in [4.78, 5) is 38.4. The highest BCUT2D eigenvalue weighted by Crippen LogP contribution is 2.72. The van der Waals surface area contributed by atoms with Crippen molar-refractivity contribution in [2.45, 2.75) is 83.3 Å². The lowest BCUT2D eigenvalue weighted by Gasteiger charge is -2.58. The first kappa shape index (κ1) is 27.1. The van der Waals surface area contributed by atoms with Crippen LogP contribution >= 0.6 is 0 Å². The smallest absolute Gasteiger partial charge is 0.331 e. The molecule has 1 saturated carbocycles. The van der Waals surface area contributed by atoms with Gasteiger partial charge in [0.25, 0.3) is 0 Å². The summed E-state index contributed by atoms with van der Waals surface area (Å²) in [7, 11) is 0. The number of hydrogen-bond acceptors (Lipinski definition) is 9. The molecule has 1 N–H and O–H groups in total. The normalized spacial score (nSPS) is 45.0. The third-order valence-electron chi connectivity index (χ3n) is 9.59. The fraction of sp³-hybridized carbons (Fsp3) is 0.690. The third kappa shape index (κ3) is 4.32. The maximum atomic E-state index is 13.5. The fourth-order valence-corrected chi connectivity index (χ4v) is 7.17. The molecule has 3 heterocycles. The summed E-state index contributed by atoms with van der Waals surface area (Å²) in [5.74, 6) is -1.50. The Labute approximate surface area is 223 Å². The lowest BCUT2D eigenvalue weighted by atomic mass is 9.51. The minimum atomic E-state index is -0.626. The highest BCUT2D eigenvalue weighted by atomic mass is 16.6. The van der Waals surface area contributed by atoms with E-state index in [0.717, 1.165) is 12.8 Å². The molecular formula is C29H39NO8. The predicted octanol–water partition coefficient (Wildman–Crippen LogP) is 2.79. The van der Waals surface area contributed by atoms with Crippen LogP contribution in [0, 0.1) is 16.7 Å². The number of rotatable bonds is 2. The number of hydrogen-bond donors (Lipinski definition) is 1. The van der Waals surface area contributed by atoms with Crippen LogP contribution in [0.5, 0.6) is 0 Å². The van der Waals surface area contributed by atoms with Gasteiger partial charge in [0.2, 0.25) is 0 Å². The fourth-order valence-electron chi connectivity index (χ4n) is 7.17. The Hall–Kier alpha value is -2.49. The van der Waals surface area contributed by atoms with Crippen LogP contribution in [-0.2, 0) is 38.1 Å². The lowest BCUT2D eigenvalue weighted by molar-refractivity contribution is -0.233. The second-order valence-electron chi connectivity index (χ2n) is 11.6. The number of carbonyl (C=O) groups is 3. The van der Waals surface area contributed by atoms with E-state index >= 15 is 0 Å². The predicted molar refractivity (Wildman–Crippen MR) is 137 cm³/mol. The van der Waals surface area contributed by atoms with E-state index < -0.39 is 40.5 Å². The third-order valence-corrected chi connectivity index (χ3v) is 9.59. The van der Waals surface area contributed by atoms with Gasteiger partial charge >= 0.3 is 17.9 Å². The molecular weight excluding hydrogens is 490 g/mol. The van der Waals surface area contributed by atoms with E-state index in [1.54, 1.807) is 0 Å². The number of epoxide rings is 1. The molecule has 2 aliphatic carbocycles. The molecule has 5 aliphatic rings. The molecule has 2 spiro atoms. The van der Waals surface area contributed by atoms with Gasteiger partial charge in [-0.25, -0.2) is 9.59 Å². The minimum Gasteiger partial charge on any atom is -0.464 e. The molecule has 8 atom stereocenters. The monoisotopic (exact) mass is 529 g/mol. The molecule has 2 saturated heterocycles. The topological polar surface area (TPSA) is 113 Å². The SMILES string of the molecule is CCN[C@H]1C(=O)OC[C@]23CCC(C)=C[C@H]2O[C@@H]2C[C@@H](OC(=O)/C=C\C=C\C(=O)OCC[C@H]1C)[C@@]3(C)[C@]21CO1. The van der Waals surface area contributed by atoms with Crippen molar-refractivity contribution in [3.8, 4) is 0 Å². The average Bonchev–Trinajstić information content (AvgIpc) is 3.66. The van der Waals surface area contributed by atoms with Gasteiger partial charge in [0.05, 0.1) is 30.8 Å². The first-order valence-corrected chi connectivity index (χ1v) is 13.8. The summed E-state index contributed by atoms with van der Waals surface area (Å²) in [6.07, 6.45) is 9.23. The Morgan fingerprint density at radius 2 is 1.79 bits per heavy atom. The standard InChI is InChI=1S/C29H39NO8/c1-5-30-25-19(3)11-13-34-23(31)8-6-7-9-24(32)38-20-15-22-29(17-36-29)27(20,4)28(16-35-26(25)33)12-10-18(2)14-21(28)37-22/h6-9,14,19-22,25,30H,5,10-13,15-17H2,1-4H3/b8-6+,9-7-/t19-,20-,21-,22-,25-,27-,28-,29+/m1/s1. The van der Waals surface area contributed by atoms with Gasteiger partial charge in [-0.2, -0.15) is 0 Å². The first-order valence-electron chi connectivity index (χ1n) is 13.8. The minimum absolute atomic E-state index is 0.124. The van der Waals surface area contributed by atoms with Gasteiger partial charge < -0.3 is 29.0 Å². The van der Waals surface area contributed by atoms with Crippen LogP contribution in [0.25, 0.3) is 0 Å². The van der Waals surface area contributed by atoms with E-state index in [1.165, 1.54) is 29.9 Å². The number of ether oxygens (including phenoxy) is 5. The van der Waals surface area contributed by atoms with Crippen LogP contribution in [0.1, 0.15) is 53.4 Å². The second kappa shape index (κ2) is 10.2. The molecule has 0 aromatic heterocycles. The Morgan fingerprint density at radius 3 is 2.50 bits per heavy atom. The van der Waals surface area contributed by atoms with Crippen LogP contribution in [0.3, 0.4) is 0 Å². The van der Waals surface area contributed by atoms with E-state index in [1.807, 2.05) is 13.8 Å². The van der Waals surface area contributed by atoms with Gasteiger partial charge in [-0.1, -0.05) is 44.6 Å². The van der Waals surface area contributed by atoms with E-state index in [4.69, 9.17) is 23.7 Å². The molecule has 38 heavy (non-hydrogen) atoms. The number of esters is 3. The van der Waals surface area contributed by atoms with Crippen molar-refractivity contribution in [3.05, 3.63) is 36.0 Å². The van der Waals surface area contributed by atoms with E-state index in [2.05, 4.69) is 25.2 Å². The Bertz CT molecular complexity index is 1060. The van der Waals surface area contributed by atoms with Gasteiger partial charge in [0.15, 0.2) is 0 Å². The Balaban J connectivity index is 1.53. The number of cyclic esters (lactones) is 2. The number of carbonyl (C=O) groups excluding carboxylic acids is 3. The molecule has 0 amide bonds. The van der Waals surface area contributed by atoms with Crippen molar-refractivity contribution in [2.75, 3.05) is 26.4 Å². The number of nitrogens with one attached hydrogen (secondary N) is 1. The van der Waals surface area contributed by atoms with Crippen molar-refractivity contribution in [3.63, 3.8) is 0 Å². The van der Waals surface area contributed by atoms with Crippen molar-refractivity contribution < 1.29 is 38.1 Å². The van der Waals surface area contributed by atoms with Crippen molar-refractivity contribution in [1.82, 2.24) is 5.32 Å². The highest BCUT2D eigenvalue weighted by Gasteiger charge is 2.83. The molecule has 9 nitrogen and oxygen atoms in total. The lowest BCUT2D eigenvalue weighted by Crippen LogP contribution is -2.67. The summed E-state index contributed by atoms with van der Waals surface area (Å²) in [5, 5.41) is 3.25. The Morgan fingerprint density at radius 1 is 1.05 bits per heavy atom. The highest BCUT2D eigenvalue weighted by molar-refractivity contribution is 5.84. The zero-order chi connectivity index (χ0) is 27.1. The van der Waals surface area contributed by atoms with E-state index in [-0.39, 0.29) is 37.3 Å². The van der Waals surface area contributed by atoms with Crippen LogP contribution in [-0.4, -0.2) is 74.2 Å². The van der Waals surface area contributed by atoms with Gasteiger partial charge in [-0.15, -0.1) is 0 Å². The molecule has 5 rings (SSSR count).